The van der Waals surface area contributed by atoms with Crippen molar-refractivity contribution in [3.63, 3.8) is 0 Å². The van der Waals surface area contributed by atoms with Crippen molar-refractivity contribution >= 4 is 23.2 Å². The third-order valence-electron chi connectivity index (χ3n) is 2.92. The van der Waals surface area contributed by atoms with E-state index in [1.165, 1.54) is 6.07 Å². The molecule has 0 aliphatic heterocycles. The van der Waals surface area contributed by atoms with Crippen LogP contribution in [0.25, 0.3) is 0 Å². The molecule has 2 aromatic carbocycles. The van der Waals surface area contributed by atoms with E-state index < -0.39 is 0 Å². The number of halogens is 3. The molecular weight excluding hydrogens is 300 g/mol. The molecule has 2 rings (SSSR count). The van der Waals surface area contributed by atoms with Gasteiger partial charge in [0.15, 0.2) is 0 Å². The Kier molecular flexibility index (Phi) is 5.24. The van der Waals surface area contributed by atoms with Crippen molar-refractivity contribution in [1.29, 1.82) is 0 Å². The summed E-state index contributed by atoms with van der Waals surface area (Å²) < 4.78 is 19.5. The molecule has 0 spiro atoms. The molecule has 5 heteroatoms. The average Bonchev–Trinajstić information content (AvgIpc) is 2.43. The summed E-state index contributed by atoms with van der Waals surface area (Å²) in [6.45, 7) is 0.302. The van der Waals surface area contributed by atoms with E-state index in [1.807, 2.05) is 0 Å². The number of hydrogen-bond donors (Lipinski definition) is 1. The van der Waals surface area contributed by atoms with Crippen LogP contribution < -0.4 is 10.1 Å². The van der Waals surface area contributed by atoms with Gasteiger partial charge in [0.2, 0.25) is 0 Å². The highest BCUT2D eigenvalue weighted by molar-refractivity contribution is 6.30. The maximum atomic E-state index is 13.9. The van der Waals surface area contributed by atoms with Crippen LogP contribution in [-0.4, -0.2) is 13.7 Å². The second kappa shape index (κ2) is 6.93. The SMILES string of the molecule is CNC(COc1ccc(Cl)cc1)c1ccc(Cl)cc1F. The van der Waals surface area contributed by atoms with Gasteiger partial charge in [-0.05, 0) is 43.4 Å². The van der Waals surface area contributed by atoms with Gasteiger partial charge in [-0.3, -0.25) is 0 Å². The Labute approximate surface area is 127 Å². The lowest BCUT2D eigenvalue weighted by Gasteiger charge is -2.18. The molecule has 0 saturated heterocycles. The van der Waals surface area contributed by atoms with Crippen molar-refractivity contribution in [1.82, 2.24) is 5.32 Å². The van der Waals surface area contributed by atoms with Crippen molar-refractivity contribution in [3.05, 3.63) is 63.9 Å². The van der Waals surface area contributed by atoms with Crippen LogP contribution in [0.1, 0.15) is 11.6 Å². The topological polar surface area (TPSA) is 21.3 Å². The summed E-state index contributed by atoms with van der Waals surface area (Å²) in [4.78, 5) is 0. The lowest BCUT2D eigenvalue weighted by Crippen LogP contribution is -2.24. The monoisotopic (exact) mass is 313 g/mol. The summed E-state index contributed by atoms with van der Waals surface area (Å²) >= 11 is 11.6. The van der Waals surface area contributed by atoms with Crippen LogP contribution in [0.5, 0.6) is 5.75 Å². The van der Waals surface area contributed by atoms with Crippen LogP contribution >= 0.6 is 23.2 Å². The third-order valence-corrected chi connectivity index (χ3v) is 3.40. The summed E-state index contributed by atoms with van der Waals surface area (Å²) in [5, 5.41) is 4.05. The smallest absolute Gasteiger partial charge is 0.129 e. The Morgan fingerprint density at radius 3 is 2.35 bits per heavy atom. The molecule has 1 N–H and O–H groups in total. The molecule has 2 aromatic rings. The lowest BCUT2D eigenvalue weighted by atomic mass is 10.1. The Balaban J connectivity index is 2.07. The summed E-state index contributed by atoms with van der Waals surface area (Å²) in [6, 6.07) is 11.4. The van der Waals surface area contributed by atoms with Gasteiger partial charge in [-0.1, -0.05) is 29.3 Å². The predicted octanol–water partition coefficient (Wildman–Crippen LogP) is 4.47. The van der Waals surface area contributed by atoms with Gasteiger partial charge in [0.1, 0.15) is 18.2 Å². The van der Waals surface area contributed by atoms with Crippen molar-refractivity contribution < 1.29 is 9.13 Å². The number of rotatable bonds is 5. The first-order chi connectivity index (χ1) is 9.60. The lowest BCUT2D eigenvalue weighted by molar-refractivity contribution is 0.270. The summed E-state index contributed by atoms with van der Waals surface area (Å²) in [5.74, 6) is 0.334. The molecule has 0 aliphatic carbocycles. The van der Waals surface area contributed by atoms with E-state index in [9.17, 15) is 4.39 Å². The summed E-state index contributed by atoms with van der Waals surface area (Å²) in [5.41, 5.74) is 0.519. The Bertz CT molecular complexity index is 575. The average molecular weight is 314 g/mol. The van der Waals surface area contributed by atoms with Crippen molar-refractivity contribution in [2.24, 2.45) is 0 Å². The molecule has 1 atom stereocenters. The van der Waals surface area contributed by atoms with E-state index in [2.05, 4.69) is 5.32 Å². The second-order valence-electron chi connectivity index (χ2n) is 4.27. The van der Waals surface area contributed by atoms with E-state index in [4.69, 9.17) is 27.9 Å². The Hall–Kier alpha value is -1.29. The molecule has 2 nitrogen and oxygen atoms in total. The van der Waals surface area contributed by atoms with Crippen molar-refractivity contribution in [2.75, 3.05) is 13.7 Å². The number of likely N-dealkylation sites (N-methyl/N-ethyl adjacent to an activating group) is 1. The first-order valence-corrected chi connectivity index (χ1v) is 6.86. The van der Waals surface area contributed by atoms with Crippen molar-refractivity contribution in [2.45, 2.75) is 6.04 Å². The molecule has 0 bridgehead atoms. The Morgan fingerprint density at radius 1 is 1.10 bits per heavy atom. The van der Waals surface area contributed by atoms with Crippen LogP contribution in [-0.2, 0) is 0 Å². The fourth-order valence-corrected chi connectivity index (χ4v) is 2.11. The van der Waals surface area contributed by atoms with E-state index in [0.29, 0.717) is 28.0 Å². The zero-order chi connectivity index (χ0) is 14.5. The standard InChI is InChI=1S/C15H14Cl2FNO/c1-19-15(13-7-4-11(17)8-14(13)18)9-20-12-5-2-10(16)3-6-12/h2-8,15,19H,9H2,1H3. The van der Waals surface area contributed by atoms with E-state index >= 15 is 0 Å². The number of hydrogen-bond acceptors (Lipinski definition) is 2. The molecule has 0 aromatic heterocycles. The van der Waals surface area contributed by atoms with Crippen LogP contribution in [0.3, 0.4) is 0 Å². The molecule has 0 fully saturated rings. The van der Waals surface area contributed by atoms with Crippen LogP contribution in [0, 0.1) is 5.82 Å². The van der Waals surface area contributed by atoms with E-state index in [0.717, 1.165) is 0 Å². The maximum absolute atomic E-state index is 13.9. The molecule has 0 saturated carbocycles. The van der Waals surface area contributed by atoms with Gasteiger partial charge >= 0.3 is 0 Å². The van der Waals surface area contributed by atoms with Gasteiger partial charge in [-0.25, -0.2) is 4.39 Å². The molecule has 0 aliphatic rings. The number of benzene rings is 2. The highest BCUT2D eigenvalue weighted by atomic mass is 35.5. The van der Waals surface area contributed by atoms with Gasteiger partial charge in [0.25, 0.3) is 0 Å². The van der Waals surface area contributed by atoms with Gasteiger partial charge in [-0.2, -0.15) is 0 Å². The highest BCUT2D eigenvalue weighted by Crippen LogP contribution is 2.22. The molecule has 1 unspecified atom stereocenters. The fourth-order valence-electron chi connectivity index (χ4n) is 1.82. The van der Waals surface area contributed by atoms with Crippen LogP contribution in [0.4, 0.5) is 4.39 Å². The maximum Gasteiger partial charge on any atom is 0.129 e. The zero-order valence-electron chi connectivity index (χ0n) is 10.9. The minimum Gasteiger partial charge on any atom is -0.492 e. The Morgan fingerprint density at radius 2 is 1.75 bits per heavy atom. The largest absolute Gasteiger partial charge is 0.492 e. The molecule has 0 heterocycles. The van der Waals surface area contributed by atoms with Gasteiger partial charge in [-0.15, -0.1) is 0 Å². The molecular formula is C15H14Cl2FNO. The quantitative estimate of drug-likeness (QED) is 0.879. The third kappa shape index (κ3) is 3.85. The molecule has 20 heavy (non-hydrogen) atoms. The van der Waals surface area contributed by atoms with Crippen molar-refractivity contribution in [3.8, 4) is 5.75 Å². The fraction of sp³-hybridized carbons (Fsp3) is 0.200. The predicted molar refractivity (Wildman–Crippen MR) is 80.2 cm³/mol. The zero-order valence-corrected chi connectivity index (χ0v) is 12.4. The van der Waals surface area contributed by atoms with Gasteiger partial charge in [0, 0.05) is 15.6 Å². The minimum atomic E-state index is -0.350. The number of ether oxygens (including phenoxy) is 1. The van der Waals surface area contributed by atoms with Gasteiger partial charge in [0.05, 0.1) is 6.04 Å². The first kappa shape index (κ1) is 15.1. The van der Waals surface area contributed by atoms with E-state index in [1.54, 1.807) is 43.4 Å². The first-order valence-electron chi connectivity index (χ1n) is 6.10. The highest BCUT2D eigenvalue weighted by Gasteiger charge is 2.15. The molecule has 106 valence electrons. The second-order valence-corrected chi connectivity index (χ2v) is 5.14. The normalized spacial score (nSPS) is 12.2. The van der Waals surface area contributed by atoms with Gasteiger partial charge < -0.3 is 10.1 Å². The molecule has 0 radical (unpaired) electrons. The molecule has 0 amide bonds. The summed E-state index contributed by atoms with van der Waals surface area (Å²) in [7, 11) is 1.75. The number of nitrogens with one attached hydrogen (secondary N) is 1. The van der Waals surface area contributed by atoms with E-state index in [-0.39, 0.29) is 11.9 Å². The van der Waals surface area contributed by atoms with Crippen LogP contribution in [0.15, 0.2) is 42.5 Å². The minimum absolute atomic E-state index is 0.261. The summed E-state index contributed by atoms with van der Waals surface area (Å²) in [6.07, 6.45) is 0. The van der Waals surface area contributed by atoms with Crippen LogP contribution in [0.2, 0.25) is 10.0 Å².